The Balaban J connectivity index is 2.57. The summed E-state index contributed by atoms with van der Waals surface area (Å²) in [5, 5.41) is 13.7. The molecule has 1 rings (SSSR count). The van der Waals surface area contributed by atoms with Crippen LogP contribution in [0.15, 0.2) is 35.4 Å². The summed E-state index contributed by atoms with van der Waals surface area (Å²) in [6.45, 7) is 3.54. The predicted octanol–water partition coefficient (Wildman–Crippen LogP) is 1.69. The van der Waals surface area contributed by atoms with Crippen LogP contribution >= 0.6 is 0 Å². The lowest BCUT2D eigenvalue weighted by Gasteiger charge is -2.21. The molecule has 92 valence electrons. The Hall–Kier alpha value is -1.68. The van der Waals surface area contributed by atoms with Crippen molar-refractivity contribution in [2.75, 3.05) is 0 Å². The predicted molar refractivity (Wildman–Crippen MR) is 67.7 cm³/mol. The van der Waals surface area contributed by atoms with Crippen molar-refractivity contribution in [2.24, 2.45) is 5.10 Å². The van der Waals surface area contributed by atoms with Gasteiger partial charge in [0.25, 0.3) is 5.91 Å². The Kier molecular flexibility index (Phi) is 4.84. The number of rotatable bonds is 5. The van der Waals surface area contributed by atoms with Crippen molar-refractivity contribution in [3.05, 3.63) is 35.9 Å². The second kappa shape index (κ2) is 6.15. The van der Waals surface area contributed by atoms with E-state index in [-0.39, 0.29) is 0 Å². The molecule has 0 unspecified atom stereocenters. The van der Waals surface area contributed by atoms with Gasteiger partial charge in [0.1, 0.15) is 5.60 Å². The van der Waals surface area contributed by atoms with Crippen molar-refractivity contribution in [3.63, 3.8) is 0 Å². The Morgan fingerprint density at radius 3 is 2.47 bits per heavy atom. The van der Waals surface area contributed by atoms with Gasteiger partial charge in [-0.1, -0.05) is 44.2 Å². The molecule has 0 saturated carbocycles. The van der Waals surface area contributed by atoms with E-state index in [1.807, 2.05) is 30.3 Å². The fourth-order valence-corrected chi connectivity index (χ4v) is 1.38. The van der Waals surface area contributed by atoms with Crippen LogP contribution in [0.1, 0.15) is 32.3 Å². The van der Waals surface area contributed by atoms with E-state index < -0.39 is 11.5 Å². The summed E-state index contributed by atoms with van der Waals surface area (Å²) in [6.07, 6.45) is 2.29. The third kappa shape index (κ3) is 3.67. The Labute approximate surface area is 101 Å². The summed E-state index contributed by atoms with van der Waals surface area (Å²) in [5.74, 6) is -0.463. The highest BCUT2D eigenvalue weighted by Gasteiger charge is 2.31. The van der Waals surface area contributed by atoms with Crippen LogP contribution in [-0.4, -0.2) is 22.8 Å². The molecule has 4 heteroatoms. The third-order valence-electron chi connectivity index (χ3n) is 2.77. The van der Waals surface area contributed by atoms with Gasteiger partial charge in [-0.3, -0.25) is 4.79 Å². The van der Waals surface area contributed by atoms with Crippen LogP contribution in [0.25, 0.3) is 0 Å². The van der Waals surface area contributed by atoms with Crippen molar-refractivity contribution >= 4 is 12.1 Å². The van der Waals surface area contributed by atoms with Gasteiger partial charge in [0, 0.05) is 0 Å². The first-order valence-electron chi connectivity index (χ1n) is 5.73. The smallest absolute Gasteiger partial charge is 0.271 e. The summed E-state index contributed by atoms with van der Waals surface area (Å²) in [6, 6.07) is 9.43. The van der Waals surface area contributed by atoms with Crippen LogP contribution in [0.5, 0.6) is 0 Å². The van der Waals surface area contributed by atoms with Crippen LogP contribution in [0, 0.1) is 0 Å². The van der Waals surface area contributed by atoms with Crippen LogP contribution in [0.2, 0.25) is 0 Å². The van der Waals surface area contributed by atoms with E-state index in [0.717, 1.165) is 5.56 Å². The normalized spacial score (nSPS) is 11.7. The zero-order chi connectivity index (χ0) is 12.7. The summed E-state index contributed by atoms with van der Waals surface area (Å²) in [4.78, 5) is 11.6. The first-order chi connectivity index (χ1) is 8.12. The second-order valence-electron chi connectivity index (χ2n) is 3.85. The molecule has 0 radical (unpaired) electrons. The van der Waals surface area contributed by atoms with E-state index in [9.17, 15) is 9.90 Å². The zero-order valence-electron chi connectivity index (χ0n) is 10.2. The molecule has 0 aromatic heterocycles. The SMILES string of the molecule is CCC(O)(CC)C(=O)NN=Cc1ccccc1. The summed E-state index contributed by atoms with van der Waals surface area (Å²) in [5.41, 5.74) is 1.92. The van der Waals surface area contributed by atoms with E-state index >= 15 is 0 Å². The van der Waals surface area contributed by atoms with Gasteiger partial charge in [-0.05, 0) is 18.4 Å². The molecule has 2 N–H and O–H groups in total. The van der Waals surface area contributed by atoms with E-state index in [1.165, 1.54) is 0 Å². The van der Waals surface area contributed by atoms with Gasteiger partial charge in [0.15, 0.2) is 0 Å². The lowest BCUT2D eigenvalue weighted by molar-refractivity contribution is -0.140. The molecule has 0 saturated heterocycles. The van der Waals surface area contributed by atoms with E-state index in [4.69, 9.17) is 0 Å². The summed E-state index contributed by atoms with van der Waals surface area (Å²) < 4.78 is 0. The van der Waals surface area contributed by atoms with Crippen LogP contribution in [0.4, 0.5) is 0 Å². The number of hydrogen-bond donors (Lipinski definition) is 2. The Bertz CT molecular complexity index is 384. The molecule has 4 nitrogen and oxygen atoms in total. The van der Waals surface area contributed by atoms with Crippen molar-refractivity contribution in [2.45, 2.75) is 32.3 Å². The third-order valence-corrected chi connectivity index (χ3v) is 2.77. The van der Waals surface area contributed by atoms with E-state index in [1.54, 1.807) is 20.1 Å². The van der Waals surface area contributed by atoms with Crippen molar-refractivity contribution in [1.82, 2.24) is 5.43 Å². The second-order valence-corrected chi connectivity index (χ2v) is 3.85. The molecule has 0 bridgehead atoms. The van der Waals surface area contributed by atoms with Crippen molar-refractivity contribution < 1.29 is 9.90 Å². The maximum absolute atomic E-state index is 11.6. The molecular formula is C13H18N2O2. The van der Waals surface area contributed by atoms with Gasteiger partial charge in [0.05, 0.1) is 6.21 Å². The lowest BCUT2D eigenvalue weighted by Crippen LogP contribution is -2.44. The standard InChI is InChI=1S/C13H18N2O2/c1-3-13(17,4-2)12(16)15-14-10-11-8-6-5-7-9-11/h5-10,17H,3-4H2,1-2H3,(H,15,16). The average Bonchev–Trinajstić information content (AvgIpc) is 2.39. The molecule has 0 aliphatic heterocycles. The Morgan fingerprint density at radius 2 is 1.94 bits per heavy atom. The molecule has 0 aliphatic carbocycles. The fourth-order valence-electron chi connectivity index (χ4n) is 1.38. The number of benzene rings is 1. The highest BCUT2D eigenvalue weighted by atomic mass is 16.3. The molecule has 1 amide bonds. The molecule has 0 fully saturated rings. The number of carbonyl (C=O) groups is 1. The number of carbonyl (C=O) groups excluding carboxylic acids is 1. The van der Waals surface area contributed by atoms with E-state index in [2.05, 4.69) is 10.5 Å². The van der Waals surface area contributed by atoms with Gasteiger partial charge < -0.3 is 5.11 Å². The van der Waals surface area contributed by atoms with Gasteiger partial charge >= 0.3 is 0 Å². The largest absolute Gasteiger partial charge is 0.380 e. The van der Waals surface area contributed by atoms with Crippen LogP contribution in [-0.2, 0) is 4.79 Å². The summed E-state index contributed by atoms with van der Waals surface area (Å²) >= 11 is 0. The van der Waals surface area contributed by atoms with Crippen molar-refractivity contribution in [3.8, 4) is 0 Å². The molecule has 1 aromatic carbocycles. The molecule has 0 atom stereocenters. The van der Waals surface area contributed by atoms with Gasteiger partial charge in [-0.15, -0.1) is 0 Å². The molecule has 17 heavy (non-hydrogen) atoms. The summed E-state index contributed by atoms with van der Waals surface area (Å²) in [7, 11) is 0. The highest BCUT2D eigenvalue weighted by Crippen LogP contribution is 2.14. The maximum atomic E-state index is 11.6. The number of nitrogens with one attached hydrogen (secondary N) is 1. The zero-order valence-corrected chi connectivity index (χ0v) is 10.2. The first-order valence-corrected chi connectivity index (χ1v) is 5.73. The van der Waals surface area contributed by atoms with Gasteiger partial charge in [-0.2, -0.15) is 5.10 Å². The Morgan fingerprint density at radius 1 is 1.35 bits per heavy atom. The highest BCUT2D eigenvalue weighted by molar-refractivity contribution is 5.86. The minimum atomic E-state index is -1.33. The molecule has 0 heterocycles. The quantitative estimate of drug-likeness (QED) is 0.601. The number of aliphatic hydroxyl groups is 1. The molecular weight excluding hydrogens is 216 g/mol. The van der Waals surface area contributed by atoms with Crippen LogP contribution in [0.3, 0.4) is 0 Å². The number of amides is 1. The number of nitrogens with zero attached hydrogens (tertiary/aromatic N) is 1. The van der Waals surface area contributed by atoms with Gasteiger partial charge in [0.2, 0.25) is 0 Å². The van der Waals surface area contributed by atoms with Crippen molar-refractivity contribution in [1.29, 1.82) is 0 Å². The molecule has 1 aromatic rings. The topological polar surface area (TPSA) is 61.7 Å². The number of hydrazone groups is 1. The maximum Gasteiger partial charge on any atom is 0.271 e. The fraction of sp³-hybridized carbons (Fsp3) is 0.385. The van der Waals surface area contributed by atoms with Gasteiger partial charge in [-0.25, -0.2) is 5.43 Å². The minimum absolute atomic E-state index is 0.371. The minimum Gasteiger partial charge on any atom is -0.380 e. The number of hydrogen-bond acceptors (Lipinski definition) is 3. The molecule has 0 aliphatic rings. The van der Waals surface area contributed by atoms with E-state index in [0.29, 0.717) is 12.8 Å². The van der Waals surface area contributed by atoms with Crippen LogP contribution < -0.4 is 5.43 Å². The average molecular weight is 234 g/mol. The lowest BCUT2D eigenvalue weighted by atomic mass is 9.97. The molecule has 0 spiro atoms. The first kappa shape index (κ1) is 13.4. The monoisotopic (exact) mass is 234 g/mol.